The highest BCUT2D eigenvalue weighted by molar-refractivity contribution is 5.46. The summed E-state index contributed by atoms with van der Waals surface area (Å²) in [5, 5.41) is 0. The molecular weight excluding hydrogens is 364 g/mol. The van der Waals surface area contributed by atoms with Gasteiger partial charge in [-0.15, -0.1) is 0 Å². The highest BCUT2D eigenvalue weighted by atomic mass is 15.4. The van der Waals surface area contributed by atoms with E-state index in [0.717, 1.165) is 62.6 Å². The Morgan fingerprint density at radius 2 is 1.55 bits per heavy atom. The average molecular weight is 390 g/mol. The Labute approximate surface area is 171 Å². The normalized spacial score (nSPS) is 14.1. The number of piperazine rings is 1. The van der Waals surface area contributed by atoms with Gasteiger partial charge in [0.25, 0.3) is 0 Å². The summed E-state index contributed by atoms with van der Waals surface area (Å²) in [4.78, 5) is 28.9. The van der Waals surface area contributed by atoms with Crippen LogP contribution in [0.3, 0.4) is 0 Å². The van der Waals surface area contributed by atoms with Gasteiger partial charge in [0, 0.05) is 76.3 Å². The summed E-state index contributed by atoms with van der Waals surface area (Å²) in [6.07, 6.45) is 8.19. The Morgan fingerprint density at radius 1 is 0.897 bits per heavy atom. The van der Waals surface area contributed by atoms with E-state index in [4.69, 9.17) is 4.98 Å². The summed E-state index contributed by atoms with van der Waals surface area (Å²) in [5.74, 6) is 2.54. The largest absolute Gasteiger partial charge is 0.359 e. The third-order valence-corrected chi connectivity index (χ3v) is 5.10. The molecule has 4 rings (SSSR count). The third kappa shape index (κ3) is 4.77. The van der Waals surface area contributed by atoms with Crippen LogP contribution < -0.4 is 14.7 Å². The second-order valence-corrected chi connectivity index (χ2v) is 7.22. The Balaban J connectivity index is 1.40. The molecule has 1 saturated heterocycles. The van der Waals surface area contributed by atoms with E-state index in [1.807, 2.05) is 31.5 Å². The number of rotatable bonds is 6. The Bertz CT molecular complexity index is 910. The zero-order valence-corrected chi connectivity index (χ0v) is 16.9. The first kappa shape index (κ1) is 19.0. The predicted molar refractivity (Wildman–Crippen MR) is 114 cm³/mol. The molecule has 0 atom stereocenters. The molecule has 1 aliphatic heterocycles. The van der Waals surface area contributed by atoms with E-state index in [0.29, 0.717) is 0 Å². The van der Waals surface area contributed by atoms with Gasteiger partial charge in [-0.25, -0.2) is 15.0 Å². The summed E-state index contributed by atoms with van der Waals surface area (Å²) < 4.78 is 0. The molecule has 150 valence electrons. The van der Waals surface area contributed by atoms with Gasteiger partial charge in [-0.2, -0.15) is 4.98 Å². The average Bonchev–Trinajstić information content (AvgIpc) is 2.78. The van der Waals surface area contributed by atoms with E-state index >= 15 is 0 Å². The molecule has 3 aromatic heterocycles. The lowest BCUT2D eigenvalue weighted by Gasteiger charge is -2.35. The SMILES string of the molecule is Cc1cc(N(C)CCc2ccncc2)nc(N2CCN(c3ncccn3)CC2)n1. The molecule has 0 aromatic carbocycles. The fourth-order valence-electron chi connectivity index (χ4n) is 3.40. The van der Waals surface area contributed by atoms with Crippen LogP contribution in [-0.4, -0.2) is 64.7 Å². The van der Waals surface area contributed by atoms with E-state index in [1.54, 1.807) is 12.4 Å². The summed E-state index contributed by atoms with van der Waals surface area (Å²) >= 11 is 0. The second-order valence-electron chi connectivity index (χ2n) is 7.22. The molecule has 0 saturated carbocycles. The van der Waals surface area contributed by atoms with Gasteiger partial charge >= 0.3 is 0 Å². The van der Waals surface area contributed by atoms with Crippen molar-refractivity contribution in [3.8, 4) is 0 Å². The summed E-state index contributed by atoms with van der Waals surface area (Å²) in [7, 11) is 2.08. The summed E-state index contributed by atoms with van der Waals surface area (Å²) in [6, 6.07) is 8.00. The van der Waals surface area contributed by atoms with Crippen molar-refractivity contribution >= 4 is 17.7 Å². The number of likely N-dealkylation sites (N-methyl/N-ethyl adjacent to an activating group) is 1. The van der Waals surface area contributed by atoms with Gasteiger partial charge in [-0.1, -0.05) is 0 Å². The Hall–Kier alpha value is -3.29. The fraction of sp³-hybridized carbons (Fsp3) is 0.381. The van der Waals surface area contributed by atoms with Gasteiger partial charge in [0.2, 0.25) is 11.9 Å². The van der Waals surface area contributed by atoms with Gasteiger partial charge in [-0.3, -0.25) is 4.98 Å². The van der Waals surface area contributed by atoms with Crippen molar-refractivity contribution in [2.75, 3.05) is 54.5 Å². The molecule has 0 radical (unpaired) electrons. The molecule has 1 fully saturated rings. The molecule has 0 unspecified atom stereocenters. The van der Waals surface area contributed by atoms with Gasteiger partial charge in [0.05, 0.1) is 0 Å². The molecule has 0 N–H and O–H groups in total. The monoisotopic (exact) mass is 390 g/mol. The van der Waals surface area contributed by atoms with Crippen LogP contribution in [0, 0.1) is 6.92 Å². The number of nitrogens with zero attached hydrogens (tertiary/aromatic N) is 8. The van der Waals surface area contributed by atoms with Crippen molar-refractivity contribution in [1.82, 2.24) is 24.9 Å². The molecule has 4 heterocycles. The number of anilines is 3. The molecule has 8 nitrogen and oxygen atoms in total. The minimum atomic E-state index is 0.786. The van der Waals surface area contributed by atoms with Crippen molar-refractivity contribution in [2.45, 2.75) is 13.3 Å². The van der Waals surface area contributed by atoms with Gasteiger partial charge in [0.15, 0.2) is 0 Å². The zero-order chi connectivity index (χ0) is 20.1. The van der Waals surface area contributed by atoms with Gasteiger partial charge in [-0.05, 0) is 37.1 Å². The lowest BCUT2D eigenvalue weighted by Crippen LogP contribution is -2.47. The zero-order valence-electron chi connectivity index (χ0n) is 16.9. The van der Waals surface area contributed by atoms with E-state index < -0.39 is 0 Å². The topological polar surface area (TPSA) is 74.2 Å². The first-order valence-corrected chi connectivity index (χ1v) is 9.92. The van der Waals surface area contributed by atoms with Crippen LogP contribution in [0.2, 0.25) is 0 Å². The first-order chi connectivity index (χ1) is 14.2. The van der Waals surface area contributed by atoms with Crippen LogP contribution >= 0.6 is 0 Å². The number of pyridine rings is 1. The number of aryl methyl sites for hydroxylation is 1. The quantitative estimate of drug-likeness (QED) is 0.633. The van der Waals surface area contributed by atoms with Crippen molar-refractivity contribution in [3.05, 3.63) is 60.3 Å². The van der Waals surface area contributed by atoms with Crippen LogP contribution in [0.4, 0.5) is 17.7 Å². The first-order valence-electron chi connectivity index (χ1n) is 9.92. The molecular formula is C21H26N8. The number of hydrogen-bond donors (Lipinski definition) is 0. The van der Waals surface area contributed by atoms with Crippen LogP contribution in [0.15, 0.2) is 49.1 Å². The minimum absolute atomic E-state index is 0.786. The lowest BCUT2D eigenvalue weighted by molar-refractivity contribution is 0.626. The van der Waals surface area contributed by atoms with Crippen LogP contribution in [-0.2, 0) is 6.42 Å². The molecule has 0 spiro atoms. The molecule has 0 bridgehead atoms. The maximum absolute atomic E-state index is 4.85. The number of hydrogen-bond acceptors (Lipinski definition) is 8. The Kier molecular flexibility index (Phi) is 5.79. The summed E-state index contributed by atoms with van der Waals surface area (Å²) in [5.41, 5.74) is 2.26. The van der Waals surface area contributed by atoms with E-state index in [1.165, 1.54) is 5.56 Å². The molecule has 1 aliphatic rings. The van der Waals surface area contributed by atoms with Crippen molar-refractivity contribution in [3.63, 3.8) is 0 Å². The van der Waals surface area contributed by atoms with Gasteiger partial charge < -0.3 is 14.7 Å². The maximum Gasteiger partial charge on any atom is 0.227 e. The third-order valence-electron chi connectivity index (χ3n) is 5.10. The van der Waals surface area contributed by atoms with E-state index in [2.05, 4.69) is 53.8 Å². The maximum atomic E-state index is 4.85. The van der Waals surface area contributed by atoms with Crippen LogP contribution in [0.25, 0.3) is 0 Å². The van der Waals surface area contributed by atoms with Gasteiger partial charge in [0.1, 0.15) is 5.82 Å². The fourth-order valence-corrected chi connectivity index (χ4v) is 3.40. The van der Waals surface area contributed by atoms with Crippen LogP contribution in [0.5, 0.6) is 0 Å². The molecule has 0 amide bonds. The minimum Gasteiger partial charge on any atom is -0.359 e. The van der Waals surface area contributed by atoms with E-state index in [9.17, 15) is 0 Å². The summed E-state index contributed by atoms with van der Waals surface area (Å²) in [6.45, 7) is 6.32. The van der Waals surface area contributed by atoms with E-state index in [-0.39, 0.29) is 0 Å². The lowest BCUT2D eigenvalue weighted by atomic mass is 10.2. The van der Waals surface area contributed by atoms with Crippen LogP contribution in [0.1, 0.15) is 11.3 Å². The number of aromatic nitrogens is 5. The second kappa shape index (κ2) is 8.81. The van der Waals surface area contributed by atoms with Crippen molar-refractivity contribution in [2.24, 2.45) is 0 Å². The molecule has 0 aliphatic carbocycles. The standard InChI is InChI=1S/C21H26N8/c1-17-16-19(27(2)11-6-18-4-9-22-10-5-18)26-21(25-17)29-14-12-28(13-15-29)20-23-7-3-8-24-20/h3-5,7-10,16H,6,11-15H2,1-2H3. The Morgan fingerprint density at radius 3 is 2.24 bits per heavy atom. The van der Waals surface area contributed by atoms with Crippen molar-refractivity contribution < 1.29 is 0 Å². The molecule has 8 heteroatoms. The molecule has 3 aromatic rings. The molecule has 29 heavy (non-hydrogen) atoms. The smallest absolute Gasteiger partial charge is 0.227 e. The van der Waals surface area contributed by atoms with Crippen molar-refractivity contribution in [1.29, 1.82) is 0 Å². The highest BCUT2D eigenvalue weighted by Gasteiger charge is 2.21. The predicted octanol–water partition coefficient (Wildman–Crippen LogP) is 1.98. The highest BCUT2D eigenvalue weighted by Crippen LogP contribution is 2.19.